The Bertz CT molecular complexity index is 463. The maximum atomic E-state index is 12.1. The zero-order chi connectivity index (χ0) is 16.3. The Labute approximate surface area is 129 Å². The summed E-state index contributed by atoms with van der Waals surface area (Å²) < 4.78 is 0. The van der Waals surface area contributed by atoms with E-state index in [1.54, 1.807) is 4.90 Å². The molecule has 0 radical (unpaired) electrons. The molecule has 3 heteroatoms. The van der Waals surface area contributed by atoms with Crippen molar-refractivity contribution in [1.82, 2.24) is 10.2 Å². The fraction of sp³-hybridized carbons (Fsp3) is 0.611. The highest BCUT2D eigenvalue weighted by molar-refractivity contribution is 5.78. The van der Waals surface area contributed by atoms with Crippen molar-refractivity contribution in [1.29, 1.82) is 0 Å². The first-order chi connectivity index (χ1) is 9.49. The van der Waals surface area contributed by atoms with E-state index in [0.29, 0.717) is 13.1 Å². The fourth-order valence-corrected chi connectivity index (χ4v) is 1.95. The number of carbonyl (C=O) groups is 1. The molecule has 1 amide bonds. The Kier molecular flexibility index (Phi) is 5.57. The fourth-order valence-electron chi connectivity index (χ4n) is 1.95. The summed E-state index contributed by atoms with van der Waals surface area (Å²) >= 11 is 0. The quantitative estimate of drug-likeness (QED) is 0.922. The first kappa shape index (κ1) is 17.7. The summed E-state index contributed by atoms with van der Waals surface area (Å²) in [7, 11) is 1.85. The molecule has 0 saturated heterocycles. The molecule has 118 valence electrons. The zero-order valence-electron chi connectivity index (χ0n) is 14.6. The second-order valence-electron chi connectivity index (χ2n) is 7.80. The van der Waals surface area contributed by atoms with Crippen LogP contribution in [0.2, 0.25) is 0 Å². The molecule has 1 aromatic rings. The molecule has 1 N–H and O–H groups in total. The zero-order valence-corrected chi connectivity index (χ0v) is 14.6. The lowest BCUT2D eigenvalue weighted by atomic mass is 9.87. The maximum absolute atomic E-state index is 12.1. The van der Waals surface area contributed by atoms with Gasteiger partial charge in [0.05, 0.1) is 6.54 Å². The number of nitrogens with zero attached hydrogens (tertiary/aromatic N) is 1. The standard InChI is InChI=1S/C18H30N2O/c1-17(2,3)15-10-8-14(9-11-15)13-20(7)16(21)12-19-18(4,5)6/h8-11,19H,12-13H2,1-7H3. The molecule has 1 rings (SSSR count). The van der Waals surface area contributed by atoms with Crippen molar-refractivity contribution in [2.75, 3.05) is 13.6 Å². The van der Waals surface area contributed by atoms with Gasteiger partial charge >= 0.3 is 0 Å². The van der Waals surface area contributed by atoms with Gasteiger partial charge in [-0.3, -0.25) is 4.79 Å². The highest BCUT2D eigenvalue weighted by atomic mass is 16.2. The number of hydrogen-bond acceptors (Lipinski definition) is 2. The van der Waals surface area contributed by atoms with Crippen LogP contribution in [0.15, 0.2) is 24.3 Å². The first-order valence-electron chi connectivity index (χ1n) is 7.57. The van der Waals surface area contributed by atoms with Gasteiger partial charge in [-0.25, -0.2) is 0 Å². The van der Waals surface area contributed by atoms with E-state index < -0.39 is 0 Å². The first-order valence-corrected chi connectivity index (χ1v) is 7.57. The predicted octanol–water partition coefficient (Wildman–Crippen LogP) is 3.33. The lowest BCUT2D eigenvalue weighted by Gasteiger charge is -2.24. The minimum Gasteiger partial charge on any atom is -0.340 e. The van der Waals surface area contributed by atoms with Gasteiger partial charge in [0.25, 0.3) is 0 Å². The van der Waals surface area contributed by atoms with Gasteiger partial charge in [-0.05, 0) is 37.3 Å². The van der Waals surface area contributed by atoms with Crippen LogP contribution >= 0.6 is 0 Å². The van der Waals surface area contributed by atoms with Gasteiger partial charge in [0, 0.05) is 19.1 Å². The van der Waals surface area contributed by atoms with Crippen molar-refractivity contribution < 1.29 is 4.79 Å². The summed E-state index contributed by atoms with van der Waals surface area (Å²) in [6.07, 6.45) is 0. The van der Waals surface area contributed by atoms with Crippen molar-refractivity contribution >= 4 is 5.91 Å². The van der Waals surface area contributed by atoms with Gasteiger partial charge in [0.1, 0.15) is 0 Å². The Morgan fingerprint density at radius 1 is 1.05 bits per heavy atom. The van der Waals surface area contributed by atoms with Crippen LogP contribution < -0.4 is 5.32 Å². The average Bonchev–Trinajstić information content (AvgIpc) is 2.34. The number of hydrogen-bond donors (Lipinski definition) is 1. The molecule has 0 heterocycles. The third-order valence-corrected chi connectivity index (χ3v) is 3.44. The second kappa shape index (κ2) is 6.61. The number of rotatable bonds is 4. The highest BCUT2D eigenvalue weighted by Crippen LogP contribution is 2.22. The van der Waals surface area contributed by atoms with E-state index in [-0.39, 0.29) is 16.9 Å². The van der Waals surface area contributed by atoms with Crippen molar-refractivity contribution in [2.24, 2.45) is 0 Å². The van der Waals surface area contributed by atoms with Crippen LogP contribution in [0.1, 0.15) is 52.7 Å². The van der Waals surface area contributed by atoms with Crippen LogP contribution in [0.4, 0.5) is 0 Å². The van der Waals surface area contributed by atoms with Crippen LogP contribution in [0.5, 0.6) is 0 Å². The van der Waals surface area contributed by atoms with Gasteiger partial charge in [-0.2, -0.15) is 0 Å². The number of benzene rings is 1. The molecule has 0 unspecified atom stereocenters. The Hall–Kier alpha value is -1.35. The summed E-state index contributed by atoms with van der Waals surface area (Å²) in [6, 6.07) is 8.53. The summed E-state index contributed by atoms with van der Waals surface area (Å²) in [5.41, 5.74) is 2.60. The molecule has 1 aromatic carbocycles. The van der Waals surface area contributed by atoms with E-state index in [1.807, 2.05) is 7.05 Å². The summed E-state index contributed by atoms with van der Waals surface area (Å²) in [4.78, 5) is 13.9. The molecule has 0 aliphatic carbocycles. The average molecular weight is 290 g/mol. The topological polar surface area (TPSA) is 32.3 Å². The molecule has 0 aliphatic rings. The molecule has 0 bridgehead atoms. The van der Waals surface area contributed by atoms with E-state index in [0.717, 1.165) is 5.56 Å². The van der Waals surface area contributed by atoms with Gasteiger partial charge < -0.3 is 10.2 Å². The van der Waals surface area contributed by atoms with Crippen LogP contribution in [0, 0.1) is 0 Å². The predicted molar refractivity (Wildman–Crippen MR) is 89.4 cm³/mol. The molecule has 0 aromatic heterocycles. The normalized spacial score (nSPS) is 12.3. The largest absolute Gasteiger partial charge is 0.340 e. The number of amides is 1. The van der Waals surface area contributed by atoms with Crippen molar-refractivity contribution in [3.05, 3.63) is 35.4 Å². The number of nitrogens with one attached hydrogen (secondary N) is 1. The summed E-state index contributed by atoms with van der Waals surface area (Å²) in [5.74, 6) is 0.116. The minimum absolute atomic E-state index is 0.0368. The highest BCUT2D eigenvalue weighted by Gasteiger charge is 2.15. The Morgan fingerprint density at radius 3 is 2.00 bits per heavy atom. The Balaban J connectivity index is 2.58. The van der Waals surface area contributed by atoms with Gasteiger partial charge in [-0.15, -0.1) is 0 Å². The third kappa shape index (κ3) is 6.30. The summed E-state index contributed by atoms with van der Waals surface area (Å²) in [5, 5.41) is 3.23. The van der Waals surface area contributed by atoms with Crippen molar-refractivity contribution in [2.45, 2.75) is 59.0 Å². The van der Waals surface area contributed by atoms with E-state index in [2.05, 4.69) is 71.1 Å². The van der Waals surface area contributed by atoms with E-state index in [4.69, 9.17) is 0 Å². The van der Waals surface area contributed by atoms with E-state index in [9.17, 15) is 4.79 Å². The SMILES string of the molecule is CN(Cc1ccc(C(C)(C)C)cc1)C(=O)CNC(C)(C)C. The van der Waals surface area contributed by atoms with Crippen LogP contribution in [-0.4, -0.2) is 29.9 Å². The van der Waals surface area contributed by atoms with E-state index in [1.165, 1.54) is 5.56 Å². The molecule has 0 fully saturated rings. The number of likely N-dealkylation sites (N-methyl/N-ethyl adjacent to an activating group) is 1. The maximum Gasteiger partial charge on any atom is 0.236 e. The van der Waals surface area contributed by atoms with Crippen LogP contribution in [0.3, 0.4) is 0 Å². The lowest BCUT2D eigenvalue weighted by Crippen LogP contribution is -2.43. The monoisotopic (exact) mass is 290 g/mol. The van der Waals surface area contributed by atoms with Gasteiger partial charge in [0.15, 0.2) is 0 Å². The number of carbonyl (C=O) groups excluding carboxylic acids is 1. The molecule has 3 nitrogen and oxygen atoms in total. The molecule has 0 saturated carbocycles. The lowest BCUT2D eigenvalue weighted by molar-refractivity contribution is -0.129. The molecular weight excluding hydrogens is 260 g/mol. The summed E-state index contributed by atoms with van der Waals surface area (Å²) in [6.45, 7) is 13.8. The van der Waals surface area contributed by atoms with Gasteiger partial charge in [-0.1, -0.05) is 45.0 Å². The van der Waals surface area contributed by atoms with Crippen LogP contribution in [-0.2, 0) is 16.8 Å². The molecule has 0 spiro atoms. The Morgan fingerprint density at radius 2 is 1.57 bits per heavy atom. The van der Waals surface area contributed by atoms with E-state index >= 15 is 0 Å². The van der Waals surface area contributed by atoms with Crippen molar-refractivity contribution in [3.8, 4) is 0 Å². The van der Waals surface area contributed by atoms with Gasteiger partial charge in [0.2, 0.25) is 5.91 Å². The molecule has 0 atom stereocenters. The smallest absolute Gasteiger partial charge is 0.236 e. The second-order valence-corrected chi connectivity index (χ2v) is 7.80. The molecular formula is C18H30N2O. The third-order valence-electron chi connectivity index (χ3n) is 3.44. The minimum atomic E-state index is -0.0368. The van der Waals surface area contributed by atoms with Crippen molar-refractivity contribution in [3.63, 3.8) is 0 Å². The van der Waals surface area contributed by atoms with Crippen LogP contribution in [0.25, 0.3) is 0 Å². The molecule has 0 aliphatic heterocycles. The molecule has 21 heavy (non-hydrogen) atoms.